The molecule has 0 aliphatic carbocycles. The van der Waals surface area contributed by atoms with Crippen molar-refractivity contribution < 1.29 is 33.4 Å². The number of nitrogens with one attached hydrogen (secondary N) is 1. The molecule has 0 unspecified atom stereocenters. The SMILES string of the molecule is CCOC(=O)c1c(NC(=O)[C@@H]2[C@@H](C(=O)O)[C@@H]3CC[C@H]2O3)sc(C)c1-c1ccc(F)cc1. The number of aliphatic carboxylic acids is 1. The first-order valence-electron chi connectivity index (χ1n) is 10.1. The average molecular weight is 447 g/mol. The van der Waals surface area contributed by atoms with Crippen molar-refractivity contribution >= 4 is 34.2 Å². The number of fused-ring (bicyclic) bond motifs is 2. The fraction of sp³-hybridized carbons (Fsp3) is 0.409. The number of amides is 1. The summed E-state index contributed by atoms with van der Waals surface area (Å²) in [7, 11) is 0. The van der Waals surface area contributed by atoms with E-state index in [4.69, 9.17) is 9.47 Å². The maximum absolute atomic E-state index is 13.4. The zero-order valence-corrected chi connectivity index (χ0v) is 17.8. The topological polar surface area (TPSA) is 102 Å². The van der Waals surface area contributed by atoms with Gasteiger partial charge in [-0.25, -0.2) is 9.18 Å². The Kier molecular flexibility index (Phi) is 5.81. The van der Waals surface area contributed by atoms with Crippen LogP contribution < -0.4 is 5.32 Å². The quantitative estimate of drug-likeness (QED) is 0.652. The lowest BCUT2D eigenvalue weighted by atomic mass is 9.78. The van der Waals surface area contributed by atoms with Crippen molar-refractivity contribution in [2.75, 3.05) is 11.9 Å². The number of thiophene rings is 1. The molecule has 1 aromatic heterocycles. The van der Waals surface area contributed by atoms with E-state index in [0.29, 0.717) is 24.0 Å². The van der Waals surface area contributed by atoms with E-state index >= 15 is 0 Å². The van der Waals surface area contributed by atoms with Gasteiger partial charge < -0.3 is 19.9 Å². The third-order valence-corrected chi connectivity index (χ3v) is 6.82. The molecule has 2 aromatic rings. The molecule has 4 atom stereocenters. The maximum atomic E-state index is 13.4. The van der Waals surface area contributed by atoms with E-state index in [0.717, 1.165) is 4.88 Å². The van der Waals surface area contributed by atoms with Crippen LogP contribution in [0.3, 0.4) is 0 Å². The van der Waals surface area contributed by atoms with Crippen LogP contribution in [-0.2, 0) is 19.1 Å². The second kappa shape index (κ2) is 8.39. The van der Waals surface area contributed by atoms with E-state index in [1.807, 2.05) is 0 Å². The largest absolute Gasteiger partial charge is 0.481 e. The number of ether oxygens (including phenoxy) is 2. The zero-order valence-electron chi connectivity index (χ0n) is 17.0. The van der Waals surface area contributed by atoms with Crippen LogP contribution in [-0.4, -0.2) is 41.8 Å². The minimum atomic E-state index is -1.06. The monoisotopic (exact) mass is 447 g/mol. The van der Waals surface area contributed by atoms with Crippen LogP contribution in [0.4, 0.5) is 9.39 Å². The van der Waals surface area contributed by atoms with Gasteiger partial charge >= 0.3 is 11.9 Å². The summed E-state index contributed by atoms with van der Waals surface area (Å²) in [4.78, 5) is 38.4. The van der Waals surface area contributed by atoms with Gasteiger partial charge in [-0.15, -0.1) is 11.3 Å². The van der Waals surface area contributed by atoms with E-state index in [-0.39, 0.29) is 17.2 Å². The number of carboxylic acid groups (broad SMARTS) is 1. The highest BCUT2D eigenvalue weighted by molar-refractivity contribution is 7.17. The molecule has 4 rings (SSSR count). The summed E-state index contributed by atoms with van der Waals surface area (Å²) in [6.07, 6.45) is 0.325. The molecule has 7 nitrogen and oxygen atoms in total. The molecule has 0 spiro atoms. The summed E-state index contributed by atoms with van der Waals surface area (Å²) in [6.45, 7) is 3.62. The van der Waals surface area contributed by atoms with Crippen molar-refractivity contribution in [1.29, 1.82) is 0 Å². The number of carbonyl (C=O) groups excluding carboxylic acids is 2. The third kappa shape index (κ3) is 3.83. The number of esters is 1. The van der Waals surface area contributed by atoms with Crippen molar-refractivity contribution in [1.82, 2.24) is 0 Å². The molecule has 2 saturated heterocycles. The highest BCUT2D eigenvalue weighted by Crippen LogP contribution is 2.45. The number of hydrogen-bond donors (Lipinski definition) is 2. The number of halogens is 1. The van der Waals surface area contributed by atoms with Crippen molar-refractivity contribution in [3.8, 4) is 11.1 Å². The Morgan fingerprint density at radius 3 is 2.45 bits per heavy atom. The number of anilines is 1. The maximum Gasteiger partial charge on any atom is 0.341 e. The van der Waals surface area contributed by atoms with Crippen molar-refractivity contribution in [3.63, 3.8) is 0 Å². The summed E-state index contributed by atoms with van der Waals surface area (Å²) < 4.78 is 24.3. The Balaban J connectivity index is 1.70. The van der Waals surface area contributed by atoms with E-state index in [1.54, 1.807) is 26.0 Å². The summed E-state index contributed by atoms with van der Waals surface area (Å²) in [5, 5.41) is 12.6. The van der Waals surface area contributed by atoms with Gasteiger partial charge in [0.05, 0.1) is 30.7 Å². The predicted molar refractivity (Wildman–Crippen MR) is 112 cm³/mol. The molecule has 31 heavy (non-hydrogen) atoms. The molecule has 1 amide bonds. The van der Waals surface area contributed by atoms with Gasteiger partial charge in [-0.2, -0.15) is 0 Å². The van der Waals surface area contributed by atoms with Gasteiger partial charge in [0.1, 0.15) is 16.4 Å². The zero-order chi connectivity index (χ0) is 22.3. The lowest BCUT2D eigenvalue weighted by molar-refractivity contribution is -0.147. The molecule has 2 N–H and O–H groups in total. The molecule has 164 valence electrons. The van der Waals surface area contributed by atoms with Crippen LogP contribution in [0.25, 0.3) is 11.1 Å². The smallest absolute Gasteiger partial charge is 0.341 e. The first-order valence-corrected chi connectivity index (χ1v) is 10.9. The highest BCUT2D eigenvalue weighted by Gasteiger charge is 2.55. The Morgan fingerprint density at radius 2 is 1.84 bits per heavy atom. The van der Waals surface area contributed by atoms with Crippen molar-refractivity contribution in [2.24, 2.45) is 11.8 Å². The van der Waals surface area contributed by atoms with Crippen LogP contribution in [0.2, 0.25) is 0 Å². The molecule has 0 saturated carbocycles. The molecular weight excluding hydrogens is 425 g/mol. The molecule has 3 heterocycles. The van der Waals surface area contributed by atoms with Gasteiger partial charge in [-0.05, 0) is 44.4 Å². The minimum absolute atomic E-state index is 0.144. The summed E-state index contributed by atoms with van der Waals surface area (Å²) in [5.41, 5.74) is 1.35. The van der Waals surface area contributed by atoms with Crippen LogP contribution in [0.1, 0.15) is 35.0 Å². The Bertz CT molecular complexity index is 1030. The van der Waals surface area contributed by atoms with Gasteiger partial charge in [0, 0.05) is 10.4 Å². The molecule has 2 aliphatic heterocycles. The van der Waals surface area contributed by atoms with E-state index in [2.05, 4.69) is 5.32 Å². The number of carbonyl (C=O) groups is 3. The van der Waals surface area contributed by atoms with Gasteiger partial charge in [0.25, 0.3) is 0 Å². The van der Waals surface area contributed by atoms with E-state index < -0.39 is 47.7 Å². The van der Waals surface area contributed by atoms with Gasteiger partial charge in [-0.3, -0.25) is 9.59 Å². The number of carboxylic acids is 1. The van der Waals surface area contributed by atoms with Gasteiger partial charge in [0.15, 0.2) is 0 Å². The van der Waals surface area contributed by atoms with E-state index in [9.17, 15) is 23.9 Å². The first kappa shape index (κ1) is 21.5. The average Bonchev–Trinajstić information content (AvgIpc) is 3.41. The normalized spacial score (nSPS) is 24.2. The molecule has 9 heteroatoms. The van der Waals surface area contributed by atoms with Crippen molar-refractivity contribution in [2.45, 2.75) is 38.9 Å². The van der Waals surface area contributed by atoms with Gasteiger partial charge in [0.2, 0.25) is 5.91 Å². The van der Waals surface area contributed by atoms with Gasteiger partial charge in [-0.1, -0.05) is 12.1 Å². The highest BCUT2D eigenvalue weighted by atomic mass is 32.1. The lowest BCUT2D eigenvalue weighted by Crippen LogP contribution is -2.41. The minimum Gasteiger partial charge on any atom is -0.481 e. The molecule has 2 fully saturated rings. The fourth-order valence-electron chi connectivity index (χ4n) is 4.51. The fourth-order valence-corrected chi connectivity index (χ4v) is 5.58. The standard InChI is InChI=1S/C22H22FNO6S/c1-3-29-22(28)18-15(11-4-6-12(23)7-5-11)10(2)31-20(18)24-19(25)16-13-8-9-14(30-13)17(16)21(26)27/h4-7,13-14,16-17H,3,8-9H2,1-2H3,(H,24,25)(H,26,27)/t13-,14+,16+,17+/m1/s1. The molecule has 2 aliphatic rings. The Morgan fingerprint density at radius 1 is 1.19 bits per heavy atom. The second-order valence-corrected chi connectivity index (χ2v) is 8.86. The molecule has 1 aromatic carbocycles. The molecular formula is C22H22FNO6S. The van der Waals surface area contributed by atoms with Crippen LogP contribution in [0.15, 0.2) is 24.3 Å². The Hall–Kier alpha value is -2.78. The summed E-state index contributed by atoms with van der Waals surface area (Å²) in [6, 6.07) is 5.71. The van der Waals surface area contributed by atoms with Crippen LogP contribution in [0.5, 0.6) is 0 Å². The lowest BCUT2D eigenvalue weighted by Gasteiger charge is -2.23. The predicted octanol–water partition coefficient (Wildman–Crippen LogP) is 3.86. The second-order valence-electron chi connectivity index (χ2n) is 7.63. The van der Waals surface area contributed by atoms with E-state index in [1.165, 1.54) is 23.5 Å². The Labute approximate surface area is 182 Å². The third-order valence-electron chi connectivity index (χ3n) is 5.79. The molecule has 2 bridgehead atoms. The number of aryl methyl sites for hydroxylation is 1. The number of benzene rings is 1. The van der Waals surface area contributed by atoms with Crippen LogP contribution >= 0.6 is 11.3 Å². The summed E-state index contributed by atoms with van der Waals surface area (Å²) >= 11 is 1.20. The first-order chi connectivity index (χ1) is 14.8. The van der Waals surface area contributed by atoms with Crippen molar-refractivity contribution in [3.05, 3.63) is 40.5 Å². The number of hydrogen-bond acceptors (Lipinski definition) is 6. The number of rotatable bonds is 6. The summed E-state index contributed by atoms with van der Waals surface area (Å²) in [5.74, 6) is -4.31. The van der Waals surface area contributed by atoms with Crippen LogP contribution in [0, 0.1) is 24.6 Å². The molecule has 0 radical (unpaired) electrons.